The van der Waals surface area contributed by atoms with Gasteiger partial charge in [-0.3, -0.25) is 19.5 Å². The lowest BCUT2D eigenvalue weighted by molar-refractivity contribution is -0.117. The molecule has 8 nitrogen and oxygen atoms in total. The monoisotopic (exact) mass is 508 g/mol. The summed E-state index contributed by atoms with van der Waals surface area (Å²) in [5.41, 5.74) is 4.18. The van der Waals surface area contributed by atoms with Gasteiger partial charge in [0.25, 0.3) is 5.91 Å². The summed E-state index contributed by atoms with van der Waals surface area (Å²) in [5, 5.41) is 2.96. The molecule has 2 aliphatic rings. The van der Waals surface area contributed by atoms with Crippen LogP contribution >= 0.6 is 0 Å². The van der Waals surface area contributed by atoms with E-state index in [1.54, 1.807) is 23.1 Å². The van der Waals surface area contributed by atoms with E-state index >= 15 is 0 Å². The summed E-state index contributed by atoms with van der Waals surface area (Å²) in [6.07, 6.45) is 4.03. The second kappa shape index (κ2) is 10.0. The number of rotatable bonds is 8. The van der Waals surface area contributed by atoms with Crippen molar-refractivity contribution in [2.24, 2.45) is 5.92 Å². The lowest BCUT2D eigenvalue weighted by Gasteiger charge is -2.22. The molecule has 192 valence electrons. The normalized spacial score (nSPS) is 13.8. The zero-order valence-corrected chi connectivity index (χ0v) is 21.1. The molecule has 1 aliphatic heterocycles. The van der Waals surface area contributed by atoms with Crippen molar-refractivity contribution in [2.75, 3.05) is 25.2 Å². The number of nitrogens with one attached hydrogen (secondary N) is 1. The van der Waals surface area contributed by atoms with Crippen LogP contribution in [0.2, 0.25) is 0 Å². The first-order valence-electron chi connectivity index (χ1n) is 12.7. The van der Waals surface area contributed by atoms with E-state index in [-0.39, 0.29) is 25.2 Å². The summed E-state index contributed by atoms with van der Waals surface area (Å²) in [6.45, 7) is 2.62. The van der Waals surface area contributed by atoms with Crippen LogP contribution in [0.4, 0.5) is 5.95 Å². The number of aromatic nitrogens is 2. The summed E-state index contributed by atoms with van der Waals surface area (Å²) in [4.78, 5) is 33.1. The number of hydrogen-bond acceptors (Lipinski definition) is 5. The standard InChI is InChI=1S/C30H28N4O4/c1-20-7-12-24(13-8-20)34-17-25(22-5-3-2-4-6-22)31-30(34)32-28(35)18-33(16-21-9-10-21)29(36)23-11-14-26-27(15-23)38-19-37-26/h2-8,11-15,17,21H,9-10,16,18-19H2,1H3,(H,31,32,35). The van der Waals surface area contributed by atoms with Crippen molar-refractivity contribution < 1.29 is 19.1 Å². The van der Waals surface area contributed by atoms with Crippen LogP contribution in [-0.4, -0.2) is 46.1 Å². The van der Waals surface area contributed by atoms with Crippen molar-refractivity contribution in [3.63, 3.8) is 0 Å². The van der Waals surface area contributed by atoms with Crippen molar-refractivity contribution >= 4 is 17.8 Å². The highest BCUT2D eigenvalue weighted by molar-refractivity contribution is 5.99. The summed E-state index contributed by atoms with van der Waals surface area (Å²) >= 11 is 0. The SMILES string of the molecule is Cc1ccc(-n2cc(-c3ccccc3)nc2NC(=O)CN(CC2CC2)C(=O)c2ccc3c(c2)OCO3)cc1. The first kappa shape index (κ1) is 23.8. The zero-order chi connectivity index (χ0) is 26.1. The number of hydrogen-bond donors (Lipinski definition) is 1. The minimum atomic E-state index is -0.307. The van der Waals surface area contributed by atoms with E-state index in [1.165, 1.54) is 0 Å². The van der Waals surface area contributed by atoms with Gasteiger partial charge >= 0.3 is 0 Å². The first-order chi connectivity index (χ1) is 18.5. The van der Waals surface area contributed by atoms with Gasteiger partial charge in [-0.2, -0.15) is 0 Å². The zero-order valence-electron chi connectivity index (χ0n) is 21.1. The van der Waals surface area contributed by atoms with Crippen molar-refractivity contribution in [1.82, 2.24) is 14.5 Å². The third-order valence-electron chi connectivity index (χ3n) is 6.76. The Morgan fingerprint density at radius 1 is 1.00 bits per heavy atom. The number of ether oxygens (including phenoxy) is 2. The van der Waals surface area contributed by atoms with Crippen LogP contribution in [0.1, 0.15) is 28.8 Å². The van der Waals surface area contributed by atoms with Gasteiger partial charge in [-0.15, -0.1) is 0 Å². The Morgan fingerprint density at radius 3 is 2.53 bits per heavy atom. The van der Waals surface area contributed by atoms with E-state index in [1.807, 2.05) is 72.3 Å². The Balaban J connectivity index is 1.25. The lowest BCUT2D eigenvalue weighted by atomic mass is 10.1. The molecule has 2 amide bonds. The number of fused-ring (bicyclic) bond motifs is 1. The second-order valence-electron chi connectivity index (χ2n) is 9.77. The molecule has 3 aromatic carbocycles. The van der Waals surface area contributed by atoms with Crippen molar-refractivity contribution in [3.8, 4) is 28.4 Å². The molecule has 2 heterocycles. The van der Waals surface area contributed by atoms with Gasteiger partial charge in [-0.1, -0.05) is 48.0 Å². The van der Waals surface area contributed by atoms with Crippen LogP contribution in [0.25, 0.3) is 16.9 Å². The van der Waals surface area contributed by atoms with E-state index in [9.17, 15) is 9.59 Å². The van der Waals surface area contributed by atoms with Gasteiger partial charge in [-0.25, -0.2) is 4.98 Å². The summed E-state index contributed by atoms with van der Waals surface area (Å²) < 4.78 is 12.7. The third kappa shape index (κ3) is 5.11. The van der Waals surface area contributed by atoms with E-state index < -0.39 is 0 Å². The number of nitrogens with zero attached hydrogens (tertiary/aromatic N) is 3. The average molecular weight is 509 g/mol. The predicted molar refractivity (Wildman–Crippen MR) is 144 cm³/mol. The molecule has 6 rings (SSSR count). The van der Waals surface area contributed by atoms with E-state index in [4.69, 9.17) is 14.5 Å². The van der Waals surface area contributed by atoms with Gasteiger partial charge in [0.2, 0.25) is 18.6 Å². The fraction of sp³-hybridized carbons (Fsp3) is 0.233. The summed E-state index contributed by atoms with van der Waals surface area (Å²) in [5.74, 6) is 1.46. The number of anilines is 1. The minimum Gasteiger partial charge on any atom is -0.454 e. The number of carbonyl (C=O) groups is 2. The largest absolute Gasteiger partial charge is 0.454 e. The molecule has 38 heavy (non-hydrogen) atoms. The van der Waals surface area contributed by atoms with Crippen LogP contribution in [0, 0.1) is 12.8 Å². The second-order valence-corrected chi connectivity index (χ2v) is 9.77. The first-order valence-corrected chi connectivity index (χ1v) is 12.7. The van der Waals surface area contributed by atoms with Gasteiger partial charge in [0, 0.05) is 29.6 Å². The highest BCUT2D eigenvalue weighted by Crippen LogP contribution is 2.34. The number of benzene rings is 3. The highest BCUT2D eigenvalue weighted by atomic mass is 16.7. The van der Waals surface area contributed by atoms with E-state index in [0.717, 1.165) is 35.3 Å². The van der Waals surface area contributed by atoms with Gasteiger partial charge in [0.15, 0.2) is 11.5 Å². The molecule has 0 saturated heterocycles. The highest BCUT2D eigenvalue weighted by Gasteiger charge is 2.30. The Kier molecular flexibility index (Phi) is 6.29. The van der Waals surface area contributed by atoms with Gasteiger partial charge in [-0.05, 0) is 56.0 Å². The third-order valence-corrected chi connectivity index (χ3v) is 6.76. The van der Waals surface area contributed by atoms with E-state index in [2.05, 4.69) is 5.32 Å². The van der Waals surface area contributed by atoms with E-state index in [0.29, 0.717) is 35.5 Å². The number of amides is 2. The number of carbonyl (C=O) groups excluding carboxylic acids is 2. The van der Waals surface area contributed by atoms with Crippen molar-refractivity contribution in [1.29, 1.82) is 0 Å². The Labute approximate surface area is 220 Å². The Hall–Kier alpha value is -4.59. The molecule has 1 aromatic heterocycles. The quantitative estimate of drug-likeness (QED) is 0.359. The molecule has 1 aliphatic carbocycles. The smallest absolute Gasteiger partial charge is 0.254 e. The van der Waals surface area contributed by atoms with Crippen molar-refractivity contribution in [3.05, 3.63) is 90.1 Å². The lowest BCUT2D eigenvalue weighted by Crippen LogP contribution is -2.39. The summed E-state index contributed by atoms with van der Waals surface area (Å²) in [6, 6.07) is 23.0. The van der Waals surface area contributed by atoms with Gasteiger partial charge < -0.3 is 14.4 Å². The van der Waals surface area contributed by atoms with Crippen LogP contribution in [0.3, 0.4) is 0 Å². The molecule has 1 N–H and O–H groups in total. The topological polar surface area (TPSA) is 85.7 Å². The molecule has 0 spiro atoms. The Morgan fingerprint density at radius 2 is 1.76 bits per heavy atom. The van der Waals surface area contributed by atoms with Gasteiger partial charge in [0.1, 0.15) is 6.54 Å². The maximum atomic E-state index is 13.4. The fourth-order valence-corrected chi connectivity index (χ4v) is 4.50. The van der Waals surface area contributed by atoms with Crippen LogP contribution in [0.15, 0.2) is 79.0 Å². The Bertz CT molecular complexity index is 1480. The summed E-state index contributed by atoms with van der Waals surface area (Å²) in [7, 11) is 0. The molecule has 1 saturated carbocycles. The minimum absolute atomic E-state index is 0.0782. The number of aryl methyl sites for hydroxylation is 1. The molecule has 0 bridgehead atoms. The van der Waals surface area contributed by atoms with Crippen molar-refractivity contribution in [2.45, 2.75) is 19.8 Å². The van der Waals surface area contributed by atoms with Crippen LogP contribution in [0.5, 0.6) is 11.5 Å². The van der Waals surface area contributed by atoms with Crippen LogP contribution < -0.4 is 14.8 Å². The molecule has 4 aromatic rings. The molecule has 0 unspecified atom stereocenters. The average Bonchev–Trinajstić information content (AvgIpc) is 3.46. The maximum Gasteiger partial charge on any atom is 0.254 e. The van der Waals surface area contributed by atoms with Gasteiger partial charge in [0.05, 0.1) is 5.69 Å². The molecular weight excluding hydrogens is 480 g/mol. The molecule has 1 fully saturated rings. The van der Waals surface area contributed by atoms with Crippen LogP contribution in [-0.2, 0) is 4.79 Å². The number of imidazole rings is 1. The maximum absolute atomic E-state index is 13.4. The fourth-order valence-electron chi connectivity index (χ4n) is 4.50. The molecule has 8 heteroatoms. The predicted octanol–water partition coefficient (Wildman–Crippen LogP) is 5.07. The molecular formula is C30H28N4O4. The molecule has 0 atom stereocenters. The molecule has 0 radical (unpaired) electrons.